The molecule has 0 unspecified atom stereocenters. The van der Waals surface area contributed by atoms with Crippen molar-refractivity contribution in [2.45, 2.75) is 26.9 Å². The summed E-state index contributed by atoms with van der Waals surface area (Å²) in [7, 11) is 0. The normalized spacial score (nSPS) is 10.7. The Morgan fingerprint density at radius 2 is 2.00 bits per heavy atom. The Labute approximate surface area is 112 Å². The summed E-state index contributed by atoms with van der Waals surface area (Å²) in [6, 6.07) is 11.0. The van der Waals surface area contributed by atoms with E-state index in [1.54, 1.807) is 6.07 Å². The van der Waals surface area contributed by atoms with Crippen molar-refractivity contribution < 1.29 is 4.74 Å². The predicted octanol–water partition coefficient (Wildman–Crippen LogP) is 2.55. The number of hydrogen-bond donors (Lipinski definition) is 1. The second-order valence-corrected chi connectivity index (χ2v) is 4.88. The van der Waals surface area contributed by atoms with Crippen molar-refractivity contribution in [3.05, 3.63) is 58.3 Å². The van der Waals surface area contributed by atoms with Crippen LogP contribution in [0.1, 0.15) is 25.4 Å². The number of benzene rings is 1. The maximum Gasteiger partial charge on any atom is 0.251 e. The van der Waals surface area contributed by atoms with Crippen molar-refractivity contribution in [2.24, 2.45) is 5.92 Å². The average molecular weight is 258 g/mol. The standard InChI is InChI=1S/C15H18N2O2/c1-11(2)8-12-9-15(18)17-14(16-12)10-19-13-6-4-3-5-7-13/h3-7,9,11H,8,10H2,1-2H3,(H,16,17,18). The van der Waals surface area contributed by atoms with Gasteiger partial charge in [-0.05, 0) is 24.5 Å². The molecule has 1 N–H and O–H groups in total. The van der Waals surface area contributed by atoms with Crippen LogP contribution in [0.2, 0.25) is 0 Å². The van der Waals surface area contributed by atoms with Gasteiger partial charge in [0.25, 0.3) is 5.56 Å². The van der Waals surface area contributed by atoms with E-state index < -0.39 is 0 Å². The number of ether oxygens (including phenoxy) is 1. The van der Waals surface area contributed by atoms with E-state index in [2.05, 4.69) is 23.8 Å². The Morgan fingerprint density at radius 1 is 1.26 bits per heavy atom. The van der Waals surface area contributed by atoms with Gasteiger partial charge in [-0.15, -0.1) is 0 Å². The largest absolute Gasteiger partial charge is 0.486 e. The quantitative estimate of drug-likeness (QED) is 0.896. The van der Waals surface area contributed by atoms with Gasteiger partial charge in [0.15, 0.2) is 0 Å². The highest BCUT2D eigenvalue weighted by atomic mass is 16.5. The summed E-state index contributed by atoms with van der Waals surface area (Å²) in [6.07, 6.45) is 0.794. The number of aromatic amines is 1. The topological polar surface area (TPSA) is 55.0 Å². The summed E-state index contributed by atoms with van der Waals surface area (Å²) in [5, 5.41) is 0. The zero-order valence-corrected chi connectivity index (χ0v) is 11.2. The summed E-state index contributed by atoms with van der Waals surface area (Å²) in [6.45, 7) is 4.47. The molecule has 0 aliphatic carbocycles. The number of aromatic nitrogens is 2. The minimum Gasteiger partial charge on any atom is -0.486 e. The van der Waals surface area contributed by atoms with E-state index in [1.807, 2.05) is 30.3 Å². The molecule has 0 aliphatic rings. The SMILES string of the molecule is CC(C)Cc1cc(=O)[nH]c(COc2ccccc2)n1. The molecule has 0 atom stereocenters. The fourth-order valence-corrected chi connectivity index (χ4v) is 1.82. The third-order valence-corrected chi connectivity index (χ3v) is 2.58. The summed E-state index contributed by atoms with van der Waals surface area (Å²) in [5.74, 6) is 1.80. The minimum atomic E-state index is -0.127. The first kappa shape index (κ1) is 13.3. The van der Waals surface area contributed by atoms with E-state index in [4.69, 9.17) is 4.74 Å². The first-order chi connectivity index (χ1) is 9.13. The van der Waals surface area contributed by atoms with Crippen LogP contribution in [0.5, 0.6) is 5.75 Å². The molecule has 0 radical (unpaired) electrons. The van der Waals surface area contributed by atoms with Gasteiger partial charge in [0.2, 0.25) is 0 Å². The molecule has 4 nitrogen and oxygen atoms in total. The van der Waals surface area contributed by atoms with Crippen molar-refractivity contribution in [2.75, 3.05) is 0 Å². The van der Waals surface area contributed by atoms with Gasteiger partial charge >= 0.3 is 0 Å². The van der Waals surface area contributed by atoms with Crippen molar-refractivity contribution in [3.63, 3.8) is 0 Å². The van der Waals surface area contributed by atoms with E-state index in [-0.39, 0.29) is 12.2 Å². The maximum absolute atomic E-state index is 11.6. The molecule has 2 rings (SSSR count). The highest BCUT2D eigenvalue weighted by molar-refractivity contribution is 5.21. The molecule has 0 amide bonds. The highest BCUT2D eigenvalue weighted by Crippen LogP contribution is 2.10. The Bertz CT molecular complexity index is 576. The third-order valence-electron chi connectivity index (χ3n) is 2.58. The number of H-pyrrole nitrogens is 1. The van der Waals surface area contributed by atoms with Gasteiger partial charge in [-0.2, -0.15) is 0 Å². The van der Waals surface area contributed by atoms with Crippen LogP contribution in [0.15, 0.2) is 41.2 Å². The summed E-state index contributed by atoms with van der Waals surface area (Å²) < 4.78 is 5.57. The third kappa shape index (κ3) is 4.25. The molecule has 4 heteroatoms. The number of hydrogen-bond acceptors (Lipinski definition) is 3. The number of nitrogens with one attached hydrogen (secondary N) is 1. The molecule has 1 aromatic carbocycles. The highest BCUT2D eigenvalue weighted by Gasteiger charge is 2.04. The average Bonchev–Trinajstić information content (AvgIpc) is 2.36. The van der Waals surface area contributed by atoms with Crippen LogP contribution in [-0.4, -0.2) is 9.97 Å². The smallest absolute Gasteiger partial charge is 0.251 e. The molecule has 0 saturated heterocycles. The Hall–Kier alpha value is -2.10. The van der Waals surface area contributed by atoms with E-state index in [0.29, 0.717) is 11.7 Å². The predicted molar refractivity (Wildman–Crippen MR) is 74.2 cm³/mol. The van der Waals surface area contributed by atoms with E-state index in [0.717, 1.165) is 17.9 Å². The lowest BCUT2D eigenvalue weighted by molar-refractivity contribution is 0.294. The fourth-order valence-electron chi connectivity index (χ4n) is 1.82. The molecular weight excluding hydrogens is 240 g/mol. The van der Waals surface area contributed by atoms with E-state index >= 15 is 0 Å². The van der Waals surface area contributed by atoms with Crippen LogP contribution < -0.4 is 10.3 Å². The molecule has 0 spiro atoms. The van der Waals surface area contributed by atoms with Gasteiger partial charge in [-0.25, -0.2) is 4.98 Å². The maximum atomic E-state index is 11.6. The van der Waals surface area contributed by atoms with Crippen LogP contribution in [0.25, 0.3) is 0 Å². The van der Waals surface area contributed by atoms with Crippen LogP contribution in [0.3, 0.4) is 0 Å². The molecule has 0 bridgehead atoms. The summed E-state index contributed by atoms with van der Waals surface area (Å²) in [5.41, 5.74) is 0.683. The van der Waals surface area contributed by atoms with Crippen molar-refractivity contribution in [3.8, 4) is 5.75 Å². The summed E-state index contributed by atoms with van der Waals surface area (Å²) in [4.78, 5) is 18.7. The molecule has 0 fully saturated rings. The van der Waals surface area contributed by atoms with Gasteiger partial charge in [-0.3, -0.25) is 4.79 Å². The van der Waals surface area contributed by atoms with E-state index in [1.165, 1.54) is 0 Å². The van der Waals surface area contributed by atoms with Gasteiger partial charge in [-0.1, -0.05) is 32.0 Å². The molecule has 0 aliphatic heterocycles. The molecule has 19 heavy (non-hydrogen) atoms. The number of rotatable bonds is 5. The van der Waals surface area contributed by atoms with Crippen molar-refractivity contribution >= 4 is 0 Å². The first-order valence-electron chi connectivity index (χ1n) is 6.40. The Kier molecular flexibility index (Phi) is 4.34. The molecule has 1 heterocycles. The zero-order valence-electron chi connectivity index (χ0n) is 11.2. The molecule has 100 valence electrons. The summed E-state index contributed by atoms with van der Waals surface area (Å²) >= 11 is 0. The molecule has 2 aromatic rings. The lowest BCUT2D eigenvalue weighted by Crippen LogP contribution is -2.15. The minimum absolute atomic E-state index is 0.127. The Balaban J connectivity index is 2.08. The van der Waals surface area contributed by atoms with Gasteiger partial charge < -0.3 is 9.72 Å². The lowest BCUT2D eigenvalue weighted by Gasteiger charge is -2.08. The van der Waals surface area contributed by atoms with Gasteiger partial charge in [0.05, 0.1) is 0 Å². The fraction of sp³-hybridized carbons (Fsp3) is 0.333. The van der Waals surface area contributed by atoms with Crippen molar-refractivity contribution in [1.82, 2.24) is 9.97 Å². The zero-order chi connectivity index (χ0) is 13.7. The lowest BCUT2D eigenvalue weighted by atomic mass is 10.1. The Morgan fingerprint density at radius 3 is 2.68 bits per heavy atom. The van der Waals surface area contributed by atoms with Crippen LogP contribution in [0, 0.1) is 5.92 Å². The molecular formula is C15H18N2O2. The van der Waals surface area contributed by atoms with Gasteiger partial charge in [0.1, 0.15) is 18.2 Å². The van der Waals surface area contributed by atoms with Crippen LogP contribution in [0.4, 0.5) is 0 Å². The second kappa shape index (κ2) is 6.18. The first-order valence-corrected chi connectivity index (χ1v) is 6.40. The van der Waals surface area contributed by atoms with Gasteiger partial charge in [0, 0.05) is 11.8 Å². The number of para-hydroxylation sites is 1. The monoisotopic (exact) mass is 258 g/mol. The number of nitrogens with zero attached hydrogens (tertiary/aromatic N) is 1. The van der Waals surface area contributed by atoms with E-state index in [9.17, 15) is 4.79 Å². The molecule has 1 aromatic heterocycles. The van der Waals surface area contributed by atoms with Crippen LogP contribution >= 0.6 is 0 Å². The second-order valence-electron chi connectivity index (χ2n) is 4.88. The van der Waals surface area contributed by atoms with Crippen LogP contribution in [-0.2, 0) is 13.0 Å². The van der Waals surface area contributed by atoms with Crippen molar-refractivity contribution in [1.29, 1.82) is 0 Å². The molecule has 0 saturated carbocycles.